The summed E-state index contributed by atoms with van der Waals surface area (Å²) in [6.45, 7) is 6.65. The molecule has 27 heavy (non-hydrogen) atoms. The van der Waals surface area contributed by atoms with Crippen molar-refractivity contribution in [2.45, 2.75) is 46.5 Å². The molecule has 138 valence electrons. The SMILES string of the molecule is CCCCc1ccc(/C(=C(/CC)c2ccccc2)c2ccc(C)cc2)cc1. The minimum absolute atomic E-state index is 1.00. The van der Waals surface area contributed by atoms with E-state index in [1.165, 1.54) is 58.2 Å². The van der Waals surface area contributed by atoms with Crippen molar-refractivity contribution in [1.29, 1.82) is 0 Å². The molecule has 0 heteroatoms. The zero-order valence-corrected chi connectivity index (χ0v) is 16.8. The van der Waals surface area contributed by atoms with Gasteiger partial charge in [-0.2, -0.15) is 0 Å². The number of unbranched alkanes of at least 4 members (excludes halogenated alkanes) is 1. The van der Waals surface area contributed by atoms with Gasteiger partial charge in [-0.3, -0.25) is 0 Å². The van der Waals surface area contributed by atoms with Crippen LogP contribution in [0.2, 0.25) is 0 Å². The molecule has 3 aromatic carbocycles. The van der Waals surface area contributed by atoms with Crippen LogP contribution in [0.25, 0.3) is 11.1 Å². The summed E-state index contributed by atoms with van der Waals surface area (Å²) in [5, 5.41) is 0. The van der Waals surface area contributed by atoms with Gasteiger partial charge < -0.3 is 0 Å². The average Bonchev–Trinajstić information content (AvgIpc) is 2.72. The fraction of sp³-hybridized carbons (Fsp3) is 0.259. The molecule has 0 nitrogen and oxygen atoms in total. The molecule has 0 aromatic heterocycles. The lowest BCUT2D eigenvalue weighted by atomic mass is 9.87. The summed E-state index contributed by atoms with van der Waals surface area (Å²) < 4.78 is 0. The van der Waals surface area contributed by atoms with Crippen molar-refractivity contribution < 1.29 is 0 Å². The Labute approximate surface area is 164 Å². The second-order valence-corrected chi connectivity index (χ2v) is 7.24. The maximum Gasteiger partial charge on any atom is -0.00735 e. The highest BCUT2D eigenvalue weighted by Gasteiger charge is 2.13. The van der Waals surface area contributed by atoms with Gasteiger partial charge in [0.25, 0.3) is 0 Å². The van der Waals surface area contributed by atoms with Crippen LogP contribution in [0, 0.1) is 6.92 Å². The number of rotatable bonds is 7. The number of benzene rings is 3. The number of hydrogen-bond acceptors (Lipinski definition) is 0. The average molecular weight is 355 g/mol. The molecule has 0 amide bonds. The van der Waals surface area contributed by atoms with Crippen LogP contribution < -0.4 is 0 Å². The van der Waals surface area contributed by atoms with Crippen molar-refractivity contribution in [2.75, 3.05) is 0 Å². The summed E-state index contributed by atoms with van der Waals surface area (Å²) in [7, 11) is 0. The molecule has 0 fully saturated rings. The van der Waals surface area contributed by atoms with Crippen LogP contribution >= 0.6 is 0 Å². The molecule has 0 atom stereocenters. The van der Waals surface area contributed by atoms with Crippen LogP contribution in [0.1, 0.15) is 60.9 Å². The summed E-state index contributed by atoms with van der Waals surface area (Å²) in [5.41, 5.74) is 9.40. The van der Waals surface area contributed by atoms with Crippen LogP contribution in [0.4, 0.5) is 0 Å². The summed E-state index contributed by atoms with van der Waals surface area (Å²) in [4.78, 5) is 0. The first kappa shape index (κ1) is 19.2. The molecule has 0 spiro atoms. The molecule has 3 rings (SSSR count). The Morgan fingerprint density at radius 1 is 0.667 bits per heavy atom. The third-order valence-corrected chi connectivity index (χ3v) is 5.18. The second-order valence-electron chi connectivity index (χ2n) is 7.24. The van der Waals surface area contributed by atoms with Gasteiger partial charge in [-0.25, -0.2) is 0 Å². The third-order valence-electron chi connectivity index (χ3n) is 5.18. The normalized spacial score (nSPS) is 12.0. The highest BCUT2D eigenvalue weighted by molar-refractivity contribution is 5.98. The van der Waals surface area contributed by atoms with Gasteiger partial charge in [-0.15, -0.1) is 0 Å². The molecule has 0 N–H and O–H groups in total. The Morgan fingerprint density at radius 2 is 1.26 bits per heavy atom. The highest BCUT2D eigenvalue weighted by atomic mass is 14.2. The van der Waals surface area contributed by atoms with Crippen molar-refractivity contribution >= 4 is 11.1 Å². The van der Waals surface area contributed by atoms with E-state index in [4.69, 9.17) is 0 Å². The Bertz CT molecular complexity index is 866. The lowest BCUT2D eigenvalue weighted by molar-refractivity contribution is 0.795. The first-order valence-corrected chi connectivity index (χ1v) is 10.2. The van der Waals surface area contributed by atoms with E-state index in [-0.39, 0.29) is 0 Å². The molecular weight excluding hydrogens is 324 g/mol. The Morgan fingerprint density at radius 3 is 1.81 bits per heavy atom. The van der Waals surface area contributed by atoms with E-state index in [1.54, 1.807) is 0 Å². The fourth-order valence-corrected chi connectivity index (χ4v) is 3.62. The van der Waals surface area contributed by atoms with Crippen molar-refractivity contribution in [3.63, 3.8) is 0 Å². The first-order valence-electron chi connectivity index (χ1n) is 10.2. The van der Waals surface area contributed by atoms with Crippen LogP contribution in [-0.2, 0) is 6.42 Å². The van der Waals surface area contributed by atoms with Gasteiger partial charge >= 0.3 is 0 Å². The standard InChI is InChI=1S/C27H30/c1-4-6-10-22-15-19-25(20-16-22)27(24-17-13-21(3)14-18-24)26(5-2)23-11-8-7-9-12-23/h7-9,11-20H,4-6,10H2,1-3H3/b27-26-. The molecule has 0 radical (unpaired) electrons. The zero-order chi connectivity index (χ0) is 19.1. The quantitative estimate of drug-likeness (QED) is 0.381. The van der Waals surface area contributed by atoms with Crippen LogP contribution in [0.5, 0.6) is 0 Å². The van der Waals surface area contributed by atoms with E-state index < -0.39 is 0 Å². The molecule has 0 bridgehead atoms. The molecule has 0 saturated carbocycles. The van der Waals surface area contributed by atoms with Crippen molar-refractivity contribution in [3.05, 3.63) is 107 Å². The lowest BCUT2D eigenvalue weighted by Crippen LogP contribution is -1.96. The van der Waals surface area contributed by atoms with E-state index >= 15 is 0 Å². The van der Waals surface area contributed by atoms with Gasteiger partial charge in [-0.1, -0.05) is 105 Å². The Hall–Kier alpha value is -2.60. The molecule has 3 aromatic rings. The predicted octanol–water partition coefficient (Wildman–Crippen LogP) is 7.71. The topological polar surface area (TPSA) is 0 Å². The Kier molecular flexibility index (Phi) is 6.65. The van der Waals surface area contributed by atoms with Crippen molar-refractivity contribution in [3.8, 4) is 0 Å². The molecule has 0 unspecified atom stereocenters. The van der Waals surface area contributed by atoms with Crippen LogP contribution in [0.15, 0.2) is 78.9 Å². The summed E-state index contributed by atoms with van der Waals surface area (Å²) in [5.74, 6) is 0. The molecule has 0 aliphatic heterocycles. The smallest absolute Gasteiger partial charge is 0.00735 e. The minimum Gasteiger partial charge on any atom is -0.0654 e. The Balaban J connectivity index is 2.13. The lowest BCUT2D eigenvalue weighted by Gasteiger charge is -2.17. The van der Waals surface area contributed by atoms with Gasteiger partial charge in [0.15, 0.2) is 0 Å². The minimum atomic E-state index is 1.00. The molecule has 0 heterocycles. The number of hydrogen-bond donors (Lipinski definition) is 0. The predicted molar refractivity (Wildman–Crippen MR) is 119 cm³/mol. The number of aryl methyl sites for hydroxylation is 2. The maximum absolute atomic E-state index is 2.30. The van der Waals surface area contributed by atoms with Crippen molar-refractivity contribution in [1.82, 2.24) is 0 Å². The van der Waals surface area contributed by atoms with Gasteiger partial charge in [0, 0.05) is 0 Å². The number of allylic oxidation sites excluding steroid dienone is 1. The van der Waals surface area contributed by atoms with E-state index in [9.17, 15) is 0 Å². The maximum atomic E-state index is 2.30. The molecular formula is C27H30. The highest BCUT2D eigenvalue weighted by Crippen LogP contribution is 2.34. The van der Waals surface area contributed by atoms with E-state index in [1.807, 2.05) is 0 Å². The van der Waals surface area contributed by atoms with E-state index in [2.05, 4.69) is 99.6 Å². The van der Waals surface area contributed by atoms with Gasteiger partial charge in [0.1, 0.15) is 0 Å². The summed E-state index contributed by atoms with van der Waals surface area (Å²) >= 11 is 0. The second kappa shape index (κ2) is 9.37. The molecule has 0 saturated heterocycles. The summed E-state index contributed by atoms with van der Waals surface area (Å²) in [6.07, 6.45) is 4.67. The third kappa shape index (κ3) is 4.77. The fourth-order valence-electron chi connectivity index (χ4n) is 3.62. The van der Waals surface area contributed by atoms with Crippen LogP contribution in [-0.4, -0.2) is 0 Å². The van der Waals surface area contributed by atoms with E-state index in [0.29, 0.717) is 0 Å². The molecule has 0 aliphatic rings. The van der Waals surface area contributed by atoms with Gasteiger partial charge in [0.05, 0.1) is 0 Å². The van der Waals surface area contributed by atoms with Crippen molar-refractivity contribution in [2.24, 2.45) is 0 Å². The van der Waals surface area contributed by atoms with E-state index in [0.717, 1.165) is 6.42 Å². The first-order chi connectivity index (χ1) is 13.2. The summed E-state index contributed by atoms with van der Waals surface area (Å²) in [6, 6.07) is 29.0. The molecule has 0 aliphatic carbocycles. The monoisotopic (exact) mass is 354 g/mol. The van der Waals surface area contributed by atoms with Gasteiger partial charge in [-0.05, 0) is 59.6 Å². The zero-order valence-electron chi connectivity index (χ0n) is 16.8. The van der Waals surface area contributed by atoms with Gasteiger partial charge in [0.2, 0.25) is 0 Å². The van der Waals surface area contributed by atoms with Crippen LogP contribution in [0.3, 0.4) is 0 Å². The largest absolute Gasteiger partial charge is 0.0654 e.